The zero-order chi connectivity index (χ0) is 22.4. The molecule has 2 aliphatic carbocycles. The van der Waals surface area contributed by atoms with Crippen molar-refractivity contribution in [1.29, 1.82) is 0 Å². The molecule has 2 saturated carbocycles. The third-order valence-corrected chi connectivity index (χ3v) is 6.87. The lowest BCUT2D eigenvalue weighted by Gasteiger charge is -2.46. The van der Waals surface area contributed by atoms with E-state index in [0.717, 1.165) is 19.1 Å². The minimum Gasteiger partial charge on any atom is -0.462 e. The molecule has 166 valence electrons. The molecule has 1 aromatic carbocycles. The highest BCUT2D eigenvalue weighted by Crippen LogP contribution is 2.59. The van der Waals surface area contributed by atoms with Gasteiger partial charge in [0.25, 0.3) is 5.60 Å². The van der Waals surface area contributed by atoms with E-state index < -0.39 is 28.8 Å². The first-order valence-corrected chi connectivity index (χ1v) is 10.1. The van der Waals surface area contributed by atoms with Crippen LogP contribution in [0.3, 0.4) is 0 Å². The summed E-state index contributed by atoms with van der Waals surface area (Å²) in [4.78, 5) is 12.9. The number of fused-ring (bicyclic) bond motifs is 2. The van der Waals surface area contributed by atoms with Crippen LogP contribution in [0.15, 0.2) is 42.5 Å². The number of carbonyl (C=O) groups is 1. The molecular weight excluding hydrogens is 397 g/mol. The van der Waals surface area contributed by atoms with Gasteiger partial charge in [0.05, 0.1) is 12.2 Å². The minimum absolute atomic E-state index is 0.215. The third-order valence-electron chi connectivity index (χ3n) is 6.87. The first-order valence-electron chi connectivity index (χ1n) is 10.1. The smallest absolute Gasteiger partial charge is 0.432 e. The highest BCUT2D eigenvalue weighted by atomic mass is 19.4. The topological polar surface area (TPSA) is 55.8 Å². The van der Waals surface area contributed by atoms with Gasteiger partial charge in [-0.3, -0.25) is 0 Å². The minimum atomic E-state index is -5.01. The Bertz CT molecular complexity index is 799. The van der Waals surface area contributed by atoms with Crippen LogP contribution in [0, 0.1) is 17.3 Å². The van der Waals surface area contributed by atoms with Crippen molar-refractivity contribution in [3.05, 3.63) is 48.0 Å². The van der Waals surface area contributed by atoms with Crippen LogP contribution in [0.25, 0.3) is 0 Å². The Morgan fingerprint density at radius 2 is 1.87 bits per heavy atom. The highest BCUT2D eigenvalue weighted by Gasteiger charge is 2.65. The van der Waals surface area contributed by atoms with Gasteiger partial charge >= 0.3 is 12.1 Å². The molecule has 0 saturated heterocycles. The fraction of sp³-hybridized carbons (Fsp3) is 0.609. The van der Waals surface area contributed by atoms with Gasteiger partial charge in [0.15, 0.2) is 0 Å². The lowest BCUT2D eigenvalue weighted by Crippen LogP contribution is -2.53. The molecule has 0 amide bonds. The average Bonchev–Trinajstić information content (AvgIpc) is 2.89. The van der Waals surface area contributed by atoms with Gasteiger partial charge in [0, 0.05) is 18.1 Å². The SMILES string of the molecule is C=C1C[C@]2(COC(=O)[C@](OC)(c3ccccc3)C(F)(F)F)C[C@H]1CC[C@H]2C(C)(C)O. The zero-order valence-corrected chi connectivity index (χ0v) is 17.6. The van der Waals surface area contributed by atoms with E-state index in [0.29, 0.717) is 19.3 Å². The number of carbonyl (C=O) groups excluding carboxylic acids is 1. The molecule has 4 nitrogen and oxygen atoms in total. The van der Waals surface area contributed by atoms with Gasteiger partial charge in [-0.15, -0.1) is 0 Å². The molecule has 0 unspecified atom stereocenters. The van der Waals surface area contributed by atoms with E-state index in [-0.39, 0.29) is 24.0 Å². The number of alkyl halides is 3. The number of hydrogen-bond donors (Lipinski definition) is 1. The van der Waals surface area contributed by atoms with Crippen molar-refractivity contribution < 1.29 is 32.5 Å². The Labute approximate surface area is 175 Å². The second-order valence-electron chi connectivity index (χ2n) is 9.21. The largest absolute Gasteiger partial charge is 0.462 e. The second-order valence-corrected chi connectivity index (χ2v) is 9.21. The lowest BCUT2D eigenvalue weighted by atomic mass is 9.62. The van der Waals surface area contributed by atoms with Crippen LogP contribution in [0.4, 0.5) is 13.2 Å². The Hall–Kier alpha value is -1.86. The van der Waals surface area contributed by atoms with Gasteiger partial charge < -0.3 is 14.6 Å². The molecule has 7 heteroatoms. The van der Waals surface area contributed by atoms with Crippen LogP contribution in [0.2, 0.25) is 0 Å². The molecule has 0 radical (unpaired) electrons. The molecule has 1 aromatic rings. The van der Waals surface area contributed by atoms with E-state index in [1.54, 1.807) is 19.9 Å². The maximum Gasteiger partial charge on any atom is 0.432 e. The number of hydrogen-bond acceptors (Lipinski definition) is 4. The van der Waals surface area contributed by atoms with Crippen molar-refractivity contribution in [2.24, 2.45) is 17.3 Å². The van der Waals surface area contributed by atoms with Crippen molar-refractivity contribution in [2.45, 2.75) is 56.9 Å². The van der Waals surface area contributed by atoms with Crippen molar-refractivity contribution in [3.8, 4) is 0 Å². The maximum absolute atomic E-state index is 14.1. The number of aliphatic hydroxyl groups is 1. The van der Waals surface area contributed by atoms with Gasteiger partial charge in [0.2, 0.25) is 0 Å². The summed E-state index contributed by atoms with van der Waals surface area (Å²) in [5.41, 5.74) is -4.22. The average molecular weight is 426 g/mol. The van der Waals surface area contributed by atoms with E-state index in [2.05, 4.69) is 6.58 Å². The van der Waals surface area contributed by atoms with Crippen molar-refractivity contribution >= 4 is 5.97 Å². The summed E-state index contributed by atoms with van der Waals surface area (Å²) in [5.74, 6) is -1.47. The maximum atomic E-state index is 14.1. The van der Waals surface area contributed by atoms with Crippen LogP contribution in [0.1, 0.15) is 45.1 Å². The van der Waals surface area contributed by atoms with Gasteiger partial charge in [-0.1, -0.05) is 42.5 Å². The number of benzene rings is 1. The van der Waals surface area contributed by atoms with Gasteiger partial charge in [-0.05, 0) is 51.4 Å². The fourth-order valence-electron chi connectivity index (χ4n) is 5.56. The second kappa shape index (κ2) is 7.68. The zero-order valence-electron chi connectivity index (χ0n) is 17.6. The van der Waals surface area contributed by atoms with Crippen LogP contribution in [-0.4, -0.2) is 36.6 Å². The van der Waals surface area contributed by atoms with E-state index in [9.17, 15) is 23.1 Å². The summed E-state index contributed by atoms with van der Waals surface area (Å²) < 4.78 is 52.5. The Morgan fingerprint density at radius 3 is 2.40 bits per heavy atom. The van der Waals surface area contributed by atoms with Crippen molar-refractivity contribution in [3.63, 3.8) is 0 Å². The van der Waals surface area contributed by atoms with Crippen LogP contribution in [-0.2, 0) is 19.9 Å². The quantitative estimate of drug-likeness (QED) is 0.526. The summed E-state index contributed by atoms with van der Waals surface area (Å²) in [6.07, 6.45) is -2.26. The van der Waals surface area contributed by atoms with E-state index in [4.69, 9.17) is 9.47 Å². The summed E-state index contributed by atoms with van der Waals surface area (Å²) >= 11 is 0. The Balaban J connectivity index is 1.92. The summed E-state index contributed by atoms with van der Waals surface area (Å²) in [6, 6.07) is 6.79. The molecule has 2 fully saturated rings. The molecular formula is C23H29F3O4. The number of ether oxygens (including phenoxy) is 2. The predicted molar refractivity (Wildman–Crippen MR) is 105 cm³/mol. The van der Waals surface area contributed by atoms with Gasteiger partial charge in [-0.2, -0.15) is 13.2 Å². The Morgan fingerprint density at radius 1 is 1.23 bits per heavy atom. The molecule has 0 aromatic heterocycles. The third kappa shape index (κ3) is 3.66. The van der Waals surface area contributed by atoms with Crippen LogP contribution < -0.4 is 0 Å². The first-order chi connectivity index (χ1) is 13.9. The monoisotopic (exact) mass is 426 g/mol. The molecule has 3 rings (SSSR count). The van der Waals surface area contributed by atoms with E-state index in [1.807, 2.05) is 0 Å². The molecule has 4 atom stereocenters. The molecule has 30 heavy (non-hydrogen) atoms. The standard InChI is InChI=1S/C23H29F3O4/c1-15-12-21(13-16(15)10-11-18(21)20(2,3)28)14-30-19(27)22(29-4,23(24,25)26)17-8-6-5-7-9-17/h5-9,16,18,28H,1,10-14H2,2-4H3/t16-,18+,21-,22-/m1/s1. The summed E-state index contributed by atoms with van der Waals surface area (Å²) in [7, 11) is 0.855. The summed E-state index contributed by atoms with van der Waals surface area (Å²) in [5, 5.41) is 10.7. The first kappa shape index (κ1) is 22.8. The van der Waals surface area contributed by atoms with Crippen molar-refractivity contribution in [1.82, 2.24) is 0 Å². The molecule has 0 heterocycles. The van der Waals surface area contributed by atoms with Crippen molar-refractivity contribution in [2.75, 3.05) is 13.7 Å². The van der Waals surface area contributed by atoms with Crippen LogP contribution in [0.5, 0.6) is 0 Å². The molecule has 0 aliphatic heterocycles. The summed E-state index contributed by atoms with van der Waals surface area (Å²) in [6.45, 7) is 7.28. The van der Waals surface area contributed by atoms with Gasteiger partial charge in [-0.25, -0.2) is 4.79 Å². The molecule has 1 N–H and O–H groups in total. The number of rotatable bonds is 6. The van der Waals surface area contributed by atoms with Gasteiger partial charge in [0.1, 0.15) is 0 Å². The number of esters is 1. The lowest BCUT2D eigenvalue weighted by molar-refractivity contribution is -0.278. The number of halogens is 3. The normalized spacial score (nSPS) is 28.8. The molecule has 2 bridgehead atoms. The predicted octanol–water partition coefficient (Wildman–Crippen LogP) is 4.77. The fourth-order valence-corrected chi connectivity index (χ4v) is 5.56. The number of allylic oxidation sites excluding steroid dienone is 1. The molecule has 0 spiro atoms. The Kier molecular flexibility index (Phi) is 5.84. The highest BCUT2D eigenvalue weighted by molar-refractivity contribution is 5.82. The number of methoxy groups -OCH3 is 1. The van der Waals surface area contributed by atoms with Crippen LogP contribution >= 0.6 is 0 Å². The van der Waals surface area contributed by atoms with E-state index >= 15 is 0 Å². The van der Waals surface area contributed by atoms with E-state index in [1.165, 1.54) is 24.3 Å². The molecule has 2 aliphatic rings.